The number of H-pyrrole nitrogens is 1. The predicted molar refractivity (Wildman–Crippen MR) is 134 cm³/mol. The van der Waals surface area contributed by atoms with Crippen LogP contribution >= 0.6 is 11.6 Å². The molecule has 2 amide bonds. The number of nitrogens with zero attached hydrogens (tertiary/aromatic N) is 4. The minimum atomic E-state index is -0.0868. The molecule has 10 heteroatoms. The zero-order chi connectivity index (χ0) is 24.4. The minimum Gasteiger partial charge on any atom is -0.487 e. The lowest BCUT2D eigenvalue weighted by Gasteiger charge is -2.39. The number of nitrogens with one attached hydrogen (secondary N) is 2. The molecule has 0 unspecified atom stereocenters. The second-order valence-corrected chi connectivity index (χ2v) is 9.35. The number of hydrogen-bond donors (Lipinski definition) is 2. The first-order chi connectivity index (χ1) is 17.0. The zero-order valence-electron chi connectivity index (χ0n) is 19.2. The van der Waals surface area contributed by atoms with Crippen LogP contribution in [0.3, 0.4) is 0 Å². The van der Waals surface area contributed by atoms with E-state index >= 15 is 0 Å². The van der Waals surface area contributed by atoms with Gasteiger partial charge in [0.2, 0.25) is 5.91 Å². The average molecular weight is 495 g/mol. The van der Waals surface area contributed by atoms with Crippen molar-refractivity contribution in [2.45, 2.75) is 18.9 Å². The molecule has 2 aliphatic heterocycles. The van der Waals surface area contributed by atoms with Gasteiger partial charge in [-0.1, -0.05) is 24.2 Å². The van der Waals surface area contributed by atoms with Crippen molar-refractivity contribution in [1.82, 2.24) is 24.8 Å². The molecule has 182 valence electrons. The van der Waals surface area contributed by atoms with Crippen LogP contribution in [0.25, 0.3) is 11.0 Å². The number of benzene rings is 1. The van der Waals surface area contributed by atoms with Crippen LogP contribution in [0, 0.1) is 5.92 Å². The maximum Gasteiger partial charge on any atom is 0.256 e. The fourth-order valence-electron chi connectivity index (χ4n) is 4.57. The monoisotopic (exact) mass is 494 g/mol. The summed E-state index contributed by atoms with van der Waals surface area (Å²) in [5.41, 5.74) is 1.15. The normalized spacial score (nSPS) is 16.7. The number of likely N-dealkylation sites (tertiary alicyclic amines) is 2. The van der Waals surface area contributed by atoms with Crippen molar-refractivity contribution in [3.63, 3.8) is 0 Å². The molecule has 9 nitrogen and oxygen atoms in total. The Balaban J connectivity index is 1.21. The Kier molecular flexibility index (Phi) is 6.59. The molecule has 0 aliphatic carbocycles. The Bertz CT molecular complexity index is 1250. The van der Waals surface area contributed by atoms with Gasteiger partial charge in [0.05, 0.1) is 24.0 Å². The van der Waals surface area contributed by atoms with Gasteiger partial charge in [0.15, 0.2) is 0 Å². The van der Waals surface area contributed by atoms with Crippen molar-refractivity contribution >= 4 is 40.3 Å². The van der Waals surface area contributed by atoms with E-state index in [1.54, 1.807) is 23.2 Å². The summed E-state index contributed by atoms with van der Waals surface area (Å²) in [5.74, 6) is 1.64. The van der Waals surface area contributed by atoms with Crippen LogP contribution in [0.15, 0.2) is 49.4 Å². The number of aromatic amines is 1. The Morgan fingerprint density at radius 2 is 2.03 bits per heavy atom. The smallest absolute Gasteiger partial charge is 0.256 e. The van der Waals surface area contributed by atoms with E-state index < -0.39 is 0 Å². The predicted octanol–water partition coefficient (Wildman–Crippen LogP) is 3.35. The lowest BCUT2D eigenvalue weighted by atomic mass is 9.96. The average Bonchev–Trinajstić information content (AvgIpc) is 3.29. The highest BCUT2D eigenvalue weighted by atomic mass is 35.5. The molecule has 2 aliphatic rings. The summed E-state index contributed by atoms with van der Waals surface area (Å²) in [6.07, 6.45) is 6.28. The van der Waals surface area contributed by atoms with E-state index in [-0.39, 0.29) is 17.9 Å². The lowest BCUT2D eigenvalue weighted by Crippen LogP contribution is -2.56. The van der Waals surface area contributed by atoms with Crippen molar-refractivity contribution in [1.29, 1.82) is 0 Å². The van der Waals surface area contributed by atoms with E-state index in [0.717, 1.165) is 25.9 Å². The van der Waals surface area contributed by atoms with Gasteiger partial charge in [-0.05, 0) is 43.0 Å². The molecule has 4 heterocycles. The highest BCUT2D eigenvalue weighted by Crippen LogP contribution is 2.28. The number of aromatic nitrogens is 3. The molecule has 3 aromatic rings. The number of ether oxygens (including phenoxy) is 1. The third-order valence-corrected chi connectivity index (χ3v) is 6.83. The Hall–Kier alpha value is -3.59. The van der Waals surface area contributed by atoms with Gasteiger partial charge >= 0.3 is 0 Å². The molecule has 0 spiro atoms. The molecule has 1 aromatic carbocycles. The topological polar surface area (TPSA) is 103 Å². The van der Waals surface area contributed by atoms with Crippen LogP contribution in [0.1, 0.15) is 23.2 Å². The third kappa shape index (κ3) is 4.95. The van der Waals surface area contributed by atoms with Crippen LogP contribution in [0.5, 0.6) is 5.75 Å². The third-order valence-electron chi connectivity index (χ3n) is 6.59. The van der Waals surface area contributed by atoms with Gasteiger partial charge in [-0.2, -0.15) is 0 Å². The molecule has 2 aromatic heterocycles. The van der Waals surface area contributed by atoms with Crippen molar-refractivity contribution < 1.29 is 14.3 Å². The first-order valence-corrected chi connectivity index (χ1v) is 12.1. The number of halogens is 1. The number of carbonyl (C=O) groups is 2. The molecular weight excluding hydrogens is 468 g/mol. The number of hydrogen-bond acceptors (Lipinski definition) is 6. The summed E-state index contributed by atoms with van der Waals surface area (Å²) < 4.78 is 5.92. The van der Waals surface area contributed by atoms with E-state index in [0.29, 0.717) is 58.7 Å². The molecule has 0 radical (unpaired) electrons. The first-order valence-electron chi connectivity index (χ1n) is 11.7. The fourth-order valence-corrected chi connectivity index (χ4v) is 4.76. The van der Waals surface area contributed by atoms with E-state index in [2.05, 4.69) is 26.8 Å². The lowest BCUT2D eigenvalue weighted by molar-refractivity contribution is -0.127. The number of rotatable bonds is 7. The largest absolute Gasteiger partial charge is 0.487 e. The standard InChI is InChI=1S/C25H27ClN6O3/c1-2-21(33)31-8-6-16(7-9-31)11-27-23-22-20(12-28-24(22)30-15-29-23)25(34)32-13-19(14-32)35-18-5-3-4-17(26)10-18/h2-5,10,12,15-16,19H,1,6-9,11,13-14H2,(H2,27,28,29,30). The zero-order valence-corrected chi connectivity index (χ0v) is 20.0. The number of anilines is 1. The molecule has 5 rings (SSSR count). The maximum absolute atomic E-state index is 13.2. The number of piperidine rings is 1. The molecule has 0 bridgehead atoms. The van der Waals surface area contributed by atoms with Gasteiger partial charge in [-0.25, -0.2) is 9.97 Å². The van der Waals surface area contributed by atoms with Crippen LogP contribution in [0.2, 0.25) is 5.02 Å². The number of fused-ring (bicyclic) bond motifs is 1. The van der Waals surface area contributed by atoms with Crippen molar-refractivity contribution in [2.24, 2.45) is 5.92 Å². The highest BCUT2D eigenvalue weighted by molar-refractivity contribution is 6.30. The Labute approximate surface area is 208 Å². The van der Waals surface area contributed by atoms with Crippen molar-refractivity contribution in [3.05, 3.63) is 60.0 Å². The van der Waals surface area contributed by atoms with E-state index in [1.807, 2.05) is 17.0 Å². The van der Waals surface area contributed by atoms with Gasteiger partial charge in [-0.3, -0.25) is 9.59 Å². The van der Waals surface area contributed by atoms with Crippen LogP contribution in [-0.4, -0.2) is 75.4 Å². The Morgan fingerprint density at radius 1 is 1.23 bits per heavy atom. The van der Waals surface area contributed by atoms with Gasteiger partial charge in [-0.15, -0.1) is 0 Å². The van der Waals surface area contributed by atoms with Crippen molar-refractivity contribution in [2.75, 3.05) is 38.0 Å². The first kappa shape index (κ1) is 23.2. The highest BCUT2D eigenvalue weighted by Gasteiger charge is 2.34. The van der Waals surface area contributed by atoms with Crippen molar-refractivity contribution in [3.8, 4) is 5.75 Å². The molecule has 35 heavy (non-hydrogen) atoms. The van der Waals surface area contributed by atoms with Crippen LogP contribution in [0.4, 0.5) is 5.82 Å². The summed E-state index contributed by atoms with van der Waals surface area (Å²) in [4.78, 5) is 40.4. The SMILES string of the molecule is C=CC(=O)N1CCC(CNc2ncnc3[nH]cc(C(=O)N4CC(Oc5cccc(Cl)c5)C4)c23)CC1. The number of carbonyl (C=O) groups excluding carboxylic acids is 2. The van der Waals surface area contributed by atoms with Gasteiger partial charge in [0, 0.05) is 30.9 Å². The minimum absolute atomic E-state index is 0.0180. The number of amides is 2. The molecule has 2 fully saturated rings. The van der Waals surface area contributed by atoms with E-state index in [9.17, 15) is 9.59 Å². The molecule has 2 saturated heterocycles. The van der Waals surface area contributed by atoms with Gasteiger partial charge in [0.25, 0.3) is 5.91 Å². The van der Waals surface area contributed by atoms with E-state index in [1.165, 1.54) is 12.4 Å². The molecule has 2 N–H and O–H groups in total. The Morgan fingerprint density at radius 3 is 2.77 bits per heavy atom. The maximum atomic E-state index is 13.2. The summed E-state index contributed by atoms with van der Waals surface area (Å²) in [7, 11) is 0. The molecule has 0 atom stereocenters. The quantitative estimate of drug-likeness (QED) is 0.488. The molecular formula is C25H27ClN6O3. The summed E-state index contributed by atoms with van der Waals surface area (Å²) in [6.45, 7) is 6.70. The van der Waals surface area contributed by atoms with Crippen LogP contribution in [-0.2, 0) is 4.79 Å². The van der Waals surface area contributed by atoms with Gasteiger partial charge < -0.3 is 24.8 Å². The van der Waals surface area contributed by atoms with E-state index in [4.69, 9.17) is 16.3 Å². The summed E-state index contributed by atoms with van der Waals surface area (Å²) in [6, 6.07) is 7.25. The second kappa shape index (κ2) is 9.95. The van der Waals surface area contributed by atoms with Gasteiger partial charge in [0.1, 0.15) is 29.6 Å². The van der Waals surface area contributed by atoms with Crippen LogP contribution < -0.4 is 10.1 Å². The molecule has 0 saturated carbocycles. The fraction of sp³-hybridized carbons (Fsp3) is 0.360. The summed E-state index contributed by atoms with van der Waals surface area (Å²) >= 11 is 6.02. The summed E-state index contributed by atoms with van der Waals surface area (Å²) in [5, 5.41) is 4.72. The second-order valence-electron chi connectivity index (χ2n) is 8.91.